The minimum Gasteiger partial charge on any atom is -0.381 e. The largest absolute Gasteiger partial charge is 0.381 e. The summed E-state index contributed by atoms with van der Waals surface area (Å²) in [5.41, 5.74) is 4.92. The monoisotopic (exact) mass is 258 g/mol. The second-order valence-corrected chi connectivity index (χ2v) is 4.28. The second-order valence-electron chi connectivity index (χ2n) is 3.89. The lowest BCUT2D eigenvalue weighted by atomic mass is 10.2. The zero-order valence-corrected chi connectivity index (χ0v) is 10.4. The van der Waals surface area contributed by atoms with Gasteiger partial charge in [-0.3, -0.25) is 4.79 Å². The molecule has 0 radical (unpaired) electrons. The fourth-order valence-corrected chi connectivity index (χ4v) is 1.28. The van der Waals surface area contributed by atoms with Crippen LogP contribution in [0.4, 0.5) is 5.82 Å². The average molecular weight is 259 g/mol. The lowest BCUT2D eigenvalue weighted by Gasteiger charge is -2.11. The normalized spacial score (nSPS) is 12.5. The molecule has 1 atom stereocenters. The van der Waals surface area contributed by atoms with Crippen molar-refractivity contribution < 1.29 is 9.90 Å². The first-order chi connectivity index (χ1) is 7.90. The number of nitrogens with one attached hydrogen (secondary N) is 1. The third-order valence-electron chi connectivity index (χ3n) is 2.03. The summed E-state index contributed by atoms with van der Waals surface area (Å²) < 4.78 is 0. The van der Waals surface area contributed by atoms with Crippen molar-refractivity contribution in [3.8, 4) is 0 Å². The minimum absolute atomic E-state index is 0.0137. The molecular weight excluding hydrogens is 244 g/mol. The molecule has 1 rings (SSSR count). The molecule has 94 valence electrons. The molecule has 0 saturated heterocycles. The Balaban J connectivity index is 2.74. The molecule has 0 aliphatic heterocycles. The molecule has 1 aromatic rings. The van der Waals surface area contributed by atoms with E-state index in [2.05, 4.69) is 15.3 Å². The number of aliphatic hydroxyl groups excluding tert-OH is 1. The highest BCUT2D eigenvalue weighted by Gasteiger charge is 2.12. The van der Waals surface area contributed by atoms with Crippen molar-refractivity contribution >= 4 is 23.3 Å². The van der Waals surface area contributed by atoms with Gasteiger partial charge in [0, 0.05) is 12.0 Å². The number of rotatable bonds is 5. The van der Waals surface area contributed by atoms with Crippen LogP contribution in [0.5, 0.6) is 0 Å². The maximum atomic E-state index is 10.6. The predicted molar refractivity (Wildman–Crippen MR) is 64.8 cm³/mol. The van der Waals surface area contributed by atoms with Crippen molar-refractivity contribution in [2.45, 2.75) is 25.9 Å². The standard InChI is InChI=1S/C10H15ClN4O2/c1-5(2)10-14-7(11)3-8(15-10)13-4-6(16)9(12)17/h3,5-6,16H,4H2,1-2H3,(H2,12,17)(H,13,14,15). The van der Waals surface area contributed by atoms with E-state index in [1.54, 1.807) is 0 Å². The molecule has 0 saturated carbocycles. The second kappa shape index (κ2) is 5.79. The smallest absolute Gasteiger partial charge is 0.248 e. The third kappa shape index (κ3) is 4.16. The van der Waals surface area contributed by atoms with Crippen LogP contribution in [0.25, 0.3) is 0 Å². The Labute approximate surface area is 104 Å². The first-order valence-electron chi connectivity index (χ1n) is 5.16. The van der Waals surface area contributed by atoms with Crippen LogP contribution in [-0.4, -0.2) is 33.6 Å². The quantitative estimate of drug-likeness (QED) is 0.668. The molecule has 1 unspecified atom stereocenters. The van der Waals surface area contributed by atoms with Gasteiger partial charge in [-0.15, -0.1) is 0 Å². The average Bonchev–Trinajstić information content (AvgIpc) is 2.24. The Hall–Kier alpha value is -1.40. The van der Waals surface area contributed by atoms with E-state index in [1.807, 2.05) is 13.8 Å². The number of nitrogens with two attached hydrogens (primary N) is 1. The Morgan fingerprint density at radius 2 is 2.24 bits per heavy atom. The topological polar surface area (TPSA) is 101 Å². The van der Waals surface area contributed by atoms with Crippen LogP contribution in [-0.2, 0) is 4.79 Å². The van der Waals surface area contributed by atoms with E-state index in [9.17, 15) is 9.90 Å². The highest BCUT2D eigenvalue weighted by molar-refractivity contribution is 6.29. The first-order valence-corrected chi connectivity index (χ1v) is 5.53. The summed E-state index contributed by atoms with van der Waals surface area (Å²) in [7, 11) is 0. The van der Waals surface area contributed by atoms with Gasteiger partial charge in [0.25, 0.3) is 0 Å². The van der Waals surface area contributed by atoms with E-state index in [4.69, 9.17) is 17.3 Å². The van der Waals surface area contributed by atoms with Gasteiger partial charge in [0.2, 0.25) is 5.91 Å². The molecule has 1 aromatic heterocycles. The highest BCUT2D eigenvalue weighted by atomic mass is 35.5. The number of aromatic nitrogens is 2. The van der Waals surface area contributed by atoms with E-state index < -0.39 is 12.0 Å². The van der Waals surface area contributed by atoms with Crippen molar-refractivity contribution in [3.05, 3.63) is 17.0 Å². The summed E-state index contributed by atoms with van der Waals surface area (Å²) >= 11 is 5.83. The van der Waals surface area contributed by atoms with Gasteiger partial charge in [-0.25, -0.2) is 9.97 Å². The van der Waals surface area contributed by atoms with E-state index in [1.165, 1.54) is 6.07 Å². The number of amides is 1. The van der Waals surface area contributed by atoms with E-state index in [0.717, 1.165) is 0 Å². The number of anilines is 1. The van der Waals surface area contributed by atoms with Crippen LogP contribution in [0.2, 0.25) is 5.15 Å². The summed E-state index contributed by atoms with van der Waals surface area (Å²) in [5.74, 6) is 0.389. The molecule has 4 N–H and O–H groups in total. The van der Waals surface area contributed by atoms with Crippen molar-refractivity contribution in [2.24, 2.45) is 5.73 Å². The van der Waals surface area contributed by atoms with Crippen molar-refractivity contribution in [2.75, 3.05) is 11.9 Å². The highest BCUT2D eigenvalue weighted by Crippen LogP contribution is 2.16. The molecule has 1 amide bonds. The number of primary amides is 1. The number of nitrogens with zero attached hydrogens (tertiary/aromatic N) is 2. The van der Waals surface area contributed by atoms with Gasteiger partial charge in [-0.1, -0.05) is 25.4 Å². The van der Waals surface area contributed by atoms with Gasteiger partial charge in [-0.2, -0.15) is 0 Å². The Bertz CT molecular complexity index is 411. The summed E-state index contributed by atoms with van der Waals surface area (Å²) in [6.45, 7) is 3.86. The van der Waals surface area contributed by atoms with Gasteiger partial charge in [0.1, 0.15) is 22.9 Å². The fraction of sp³-hybridized carbons (Fsp3) is 0.500. The van der Waals surface area contributed by atoms with Crippen LogP contribution < -0.4 is 11.1 Å². The number of halogens is 1. The molecule has 0 aliphatic rings. The maximum absolute atomic E-state index is 10.6. The number of carbonyl (C=O) groups is 1. The van der Waals surface area contributed by atoms with Crippen LogP contribution in [0.3, 0.4) is 0 Å². The Morgan fingerprint density at radius 1 is 1.59 bits per heavy atom. The molecular formula is C10H15ClN4O2. The van der Waals surface area contributed by atoms with Gasteiger partial charge >= 0.3 is 0 Å². The third-order valence-corrected chi connectivity index (χ3v) is 2.23. The fourth-order valence-electron chi connectivity index (χ4n) is 1.09. The molecule has 1 heterocycles. The van der Waals surface area contributed by atoms with Gasteiger partial charge < -0.3 is 16.2 Å². The van der Waals surface area contributed by atoms with Crippen molar-refractivity contribution in [3.63, 3.8) is 0 Å². The zero-order chi connectivity index (χ0) is 13.0. The molecule has 0 spiro atoms. The SMILES string of the molecule is CC(C)c1nc(Cl)cc(NCC(O)C(N)=O)n1. The van der Waals surface area contributed by atoms with Gasteiger partial charge in [0.05, 0.1) is 6.54 Å². The van der Waals surface area contributed by atoms with Gasteiger partial charge in [0.15, 0.2) is 0 Å². The summed E-state index contributed by atoms with van der Waals surface area (Å²) in [5, 5.41) is 12.3. The van der Waals surface area contributed by atoms with Crippen LogP contribution in [0, 0.1) is 0 Å². The van der Waals surface area contributed by atoms with Gasteiger partial charge in [-0.05, 0) is 0 Å². The van der Waals surface area contributed by atoms with E-state index >= 15 is 0 Å². The Morgan fingerprint density at radius 3 is 2.76 bits per heavy atom. The lowest BCUT2D eigenvalue weighted by Crippen LogP contribution is -2.34. The van der Waals surface area contributed by atoms with Crippen LogP contribution in [0.15, 0.2) is 6.07 Å². The van der Waals surface area contributed by atoms with Crippen LogP contribution >= 0.6 is 11.6 Å². The van der Waals surface area contributed by atoms with Crippen LogP contribution in [0.1, 0.15) is 25.6 Å². The first kappa shape index (κ1) is 13.7. The Kier molecular flexibility index (Phi) is 4.65. The van der Waals surface area contributed by atoms with E-state index in [0.29, 0.717) is 16.8 Å². The number of carbonyl (C=O) groups excluding carboxylic acids is 1. The zero-order valence-electron chi connectivity index (χ0n) is 9.64. The molecule has 0 fully saturated rings. The minimum atomic E-state index is -1.26. The summed E-state index contributed by atoms with van der Waals surface area (Å²) in [6, 6.07) is 1.52. The number of hydrogen-bond donors (Lipinski definition) is 3. The summed E-state index contributed by atoms with van der Waals surface area (Å²) in [4.78, 5) is 18.9. The lowest BCUT2D eigenvalue weighted by molar-refractivity contribution is -0.125. The molecule has 6 nitrogen and oxygen atoms in total. The molecule has 0 aromatic carbocycles. The number of aliphatic hydroxyl groups is 1. The molecule has 17 heavy (non-hydrogen) atoms. The maximum Gasteiger partial charge on any atom is 0.248 e. The number of hydrogen-bond acceptors (Lipinski definition) is 5. The van der Waals surface area contributed by atoms with E-state index in [-0.39, 0.29) is 12.5 Å². The molecule has 0 aliphatic carbocycles. The molecule has 0 bridgehead atoms. The van der Waals surface area contributed by atoms with Crippen molar-refractivity contribution in [1.29, 1.82) is 0 Å². The van der Waals surface area contributed by atoms with Crippen molar-refractivity contribution in [1.82, 2.24) is 9.97 Å². The summed E-state index contributed by atoms with van der Waals surface area (Å²) in [6.07, 6.45) is -1.26. The predicted octanol–water partition coefficient (Wildman–Crippen LogP) is 0.512. The molecule has 7 heteroatoms.